The molecule has 0 fully saturated rings. The van der Waals surface area contributed by atoms with E-state index < -0.39 is 6.10 Å². The average Bonchev–Trinajstić information content (AvgIpc) is 2.76. The van der Waals surface area contributed by atoms with Gasteiger partial charge in [-0.2, -0.15) is 0 Å². The summed E-state index contributed by atoms with van der Waals surface area (Å²) in [4.78, 5) is 15.4. The summed E-state index contributed by atoms with van der Waals surface area (Å²) >= 11 is 1.51. The number of aliphatic hydroxyl groups is 1. The molecule has 0 aromatic carbocycles. The van der Waals surface area contributed by atoms with Crippen molar-refractivity contribution in [3.05, 3.63) is 21.9 Å². The Labute approximate surface area is 106 Å². The van der Waals surface area contributed by atoms with Crippen LogP contribution in [0.2, 0.25) is 0 Å². The Morgan fingerprint density at radius 2 is 2.29 bits per heavy atom. The maximum atomic E-state index is 12.0. The van der Waals surface area contributed by atoms with E-state index in [9.17, 15) is 9.90 Å². The van der Waals surface area contributed by atoms with E-state index in [4.69, 9.17) is 4.74 Å². The highest BCUT2D eigenvalue weighted by molar-refractivity contribution is 7.14. The fraction of sp³-hybridized carbons (Fsp3) is 0.583. The van der Waals surface area contributed by atoms with Crippen LogP contribution in [0.25, 0.3) is 0 Å². The molecule has 0 saturated heterocycles. The van der Waals surface area contributed by atoms with Crippen molar-refractivity contribution in [1.29, 1.82) is 0 Å². The van der Waals surface area contributed by atoms with Crippen molar-refractivity contribution in [2.45, 2.75) is 19.4 Å². The van der Waals surface area contributed by atoms with Crippen LogP contribution < -0.4 is 0 Å². The first-order chi connectivity index (χ1) is 8.08. The summed E-state index contributed by atoms with van der Waals surface area (Å²) in [5, 5.41) is 9.55. The van der Waals surface area contributed by atoms with Gasteiger partial charge >= 0.3 is 0 Å². The number of likely N-dealkylation sites (N-methyl/N-ethyl adjacent to an activating group) is 1. The number of hydrogen-bond acceptors (Lipinski definition) is 4. The molecule has 1 heterocycles. The molecule has 1 amide bonds. The summed E-state index contributed by atoms with van der Waals surface area (Å²) in [5.41, 5.74) is 0. The van der Waals surface area contributed by atoms with Crippen LogP contribution in [-0.4, -0.2) is 49.3 Å². The van der Waals surface area contributed by atoms with E-state index in [1.165, 1.54) is 28.2 Å². The number of hydrogen-bond donors (Lipinski definition) is 1. The van der Waals surface area contributed by atoms with Crippen LogP contribution in [0.4, 0.5) is 0 Å². The van der Waals surface area contributed by atoms with Crippen molar-refractivity contribution in [2.75, 3.05) is 27.3 Å². The highest BCUT2D eigenvalue weighted by Crippen LogP contribution is 2.18. The minimum atomic E-state index is -0.639. The second-order valence-electron chi connectivity index (χ2n) is 3.91. The molecule has 1 aromatic heterocycles. The molecular formula is C12H19NO3S. The number of thiophene rings is 1. The van der Waals surface area contributed by atoms with Crippen molar-refractivity contribution < 1.29 is 14.6 Å². The number of aryl methyl sites for hydroxylation is 1. The molecule has 0 aliphatic heterocycles. The number of aliphatic hydroxyl groups excluding tert-OH is 1. The smallest absolute Gasteiger partial charge is 0.263 e. The maximum Gasteiger partial charge on any atom is 0.263 e. The van der Waals surface area contributed by atoms with Crippen LogP contribution in [0.3, 0.4) is 0 Å². The van der Waals surface area contributed by atoms with Crippen LogP contribution in [0, 0.1) is 0 Å². The zero-order valence-electron chi connectivity index (χ0n) is 10.5. The molecule has 1 unspecified atom stereocenters. The van der Waals surface area contributed by atoms with Gasteiger partial charge < -0.3 is 14.7 Å². The van der Waals surface area contributed by atoms with Gasteiger partial charge in [-0.25, -0.2) is 0 Å². The quantitative estimate of drug-likeness (QED) is 0.838. The lowest BCUT2D eigenvalue weighted by Gasteiger charge is -2.19. The first-order valence-corrected chi connectivity index (χ1v) is 6.41. The third-order valence-electron chi connectivity index (χ3n) is 2.41. The van der Waals surface area contributed by atoms with Gasteiger partial charge in [-0.15, -0.1) is 11.3 Å². The largest absolute Gasteiger partial charge is 0.389 e. The zero-order chi connectivity index (χ0) is 12.8. The third-order valence-corrected chi connectivity index (χ3v) is 3.63. The lowest BCUT2D eigenvalue weighted by molar-refractivity contribution is 0.0382. The molecule has 0 radical (unpaired) electrons. The van der Waals surface area contributed by atoms with Crippen molar-refractivity contribution in [1.82, 2.24) is 4.90 Å². The summed E-state index contributed by atoms with van der Waals surface area (Å²) in [7, 11) is 3.21. The Morgan fingerprint density at radius 1 is 1.59 bits per heavy atom. The van der Waals surface area contributed by atoms with Gasteiger partial charge in [0.25, 0.3) is 5.91 Å². The van der Waals surface area contributed by atoms with Crippen LogP contribution in [0.1, 0.15) is 21.5 Å². The minimum Gasteiger partial charge on any atom is -0.389 e. The van der Waals surface area contributed by atoms with Crippen LogP contribution in [0.15, 0.2) is 12.1 Å². The van der Waals surface area contributed by atoms with E-state index in [0.717, 1.165) is 6.42 Å². The number of rotatable bonds is 6. The molecule has 1 aromatic rings. The van der Waals surface area contributed by atoms with Crippen molar-refractivity contribution in [3.8, 4) is 0 Å². The topological polar surface area (TPSA) is 49.8 Å². The molecule has 4 nitrogen and oxygen atoms in total. The highest BCUT2D eigenvalue weighted by atomic mass is 32.1. The van der Waals surface area contributed by atoms with Gasteiger partial charge in [0.1, 0.15) is 0 Å². The van der Waals surface area contributed by atoms with Gasteiger partial charge in [0.15, 0.2) is 0 Å². The molecule has 5 heteroatoms. The predicted octanol–water partition coefficient (Wildman–Crippen LogP) is 1.39. The summed E-state index contributed by atoms with van der Waals surface area (Å²) in [6.07, 6.45) is 0.299. The van der Waals surface area contributed by atoms with Gasteiger partial charge in [0, 0.05) is 25.6 Å². The molecule has 0 aliphatic carbocycles. The zero-order valence-corrected chi connectivity index (χ0v) is 11.3. The minimum absolute atomic E-state index is 0.0511. The monoisotopic (exact) mass is 257 g/mol. The summed E-state index contributed by atoms with van der Waals surface area (Å²) in [6, 6.07) is 3.81. The van der Waals surface area contributed by atoms with E-state index in [-0.39, 0.29) is 19.1 Å². The SMILES string of the molecule is CCc1ccc(C(=O)N(C)CC(O)COC)s1. The molecule has 1 rings (SSSR count). The lowest BCUT2D eigenvalue weighted by atomic mass is 10.3. The van der Waals surface area contributed by atoms with E-state index >= 15 is 0 Å². The standard InChI is InChI=1S/C12H19NO3S/c1-4-10-5-6-11(17-10)12(15)13(2)7-9(14)8-16-3/h5-6,9,14H,4,7-8H2,1-3H3. The molecule has 0 spiro atoms. The average molecular weight is 257 g/mol. The second-order valence-corrected chi connectivity index (χ2v) is 5.08. The van der Waals surface area contributed by atoms with Gasteiger partial charge in [-0.05, 0) is 18.6 Å². The van der Waals surface area contributed by atoms with Crippen molar-refractivity contribution in [2.24, 2.45) is 0 Å². The number of carbonyl (C=O) groups excluding carboxylic acids is 1. The molecule has 1 atom stereocenters. The normalized spacial score (nSPS) is 12.5. The lowest BCUT2D eigenvalue weighted by Crippen LogP contribution is -2.35. The number of methoxy groups -OCH3 is 1. The van der Waals surface area contributed by atoms with E-state index in [2.05, 4.69) is 6.92 Å². The summed E-state index contributed by atoms with van der Waals surface area (Å²) in [5.74, 6) is -0.0511. The number of carbonyl (C=O) groups is 1. The Hall–Kier alpha value is -0.910. The Balaban J connectivity index is 2.57. The van der Waals surface area contributed by atoms with Gasteiger partial charge in [0.05, 0.1) is 17.6 Å². The molecule has 1 N–H and O–H groups in total. The van der Waals surface area contributed by atoms with Crippen LogP contribution in [-0.2, 0) is 11.2 Å². The Kier molecular flexibility index (Phi) is 5.61. The summed E-state index contributed by atoms with van der Waals surface area (Å²) in [6.45, 7) is 2.58. The van der Waals surface area contributed by atoms with Crippen molar-refractivity contribution in [3.63, 3.8) is 0 Å². The fourth-order valence-corrected chi connectivity index (χ4v) is 2.46. The maximum absolute atomic E-state index is 12.0. The highest BCUT2D eigenvalue weighted by Gasteiger charge is 2.16. The molecule has 0 saturated carbocycles. The first-order valence-electron chi connectivity index (χ1n) is 5.59. The van der Waals surface area contributed by atoms with E-state index in [1.54, 1.807) is 7.05 Å². The third kappa shape index (κ3) is 4.11. The van der Waals surface area contributed by atoms with Gasteiger partial charge in [-0.1, -0.05) is 6.92 Å². The predicted molar refractivity (Wildman–Crippen MR) is 68.5 cm³/mol. The van der Waals surface area contributed by atoms with Gasteiger partial charge in [0.2, 0.25) is 0 Å². The van der Waals surface area contributed by atoms with Crippen LogP contribution >= 0.6 is 11.3 Å². The molecular weight excluding hydrogens is 238 g/mol. The van der Waals surface area contributed by atoms with E-state index in [0.29, 0.717) is 4.88 Å². The second kappa shape index (κ2) is 6.74. The first kappa shape index (κ1) is 14.2. The fourth-order valence-electron chi connectivity index (χ4n) is 1.52. The molecule has 0 aliphatic rings. The Morgan fingerprint density at radius 3 is 2.82 bits per heavy atom. The number of nitrogens with zero attached hydrogens (tertiary/aromatic N) is 1. The summed E-state index contributed by atoms with van der Waals surface area (Å²) < 4.78 is 4.83. The molecule has 0 bridgehead atoms. The molecule has 17 heavy (non-hydrogen) atoms. The number of ether oxygens (including phenoxy) is 1. The van der Waals surface area contributed by atoms with Gasteiger partial charge in [-0.3, -0.25) is 4.79 Å². The van der Waals surface area contributed by atoms with Crippen LogP contribution in [0.5, 0.6) is 0 Å². The Bertz CT molecular complexity index is 364. The number of amides is 1. The molecule has 96 valence electrons. The van der Waals surface area contributed by atoms with Crippen molar-refractivity contribution >= 4 is 17.2 Å². The van der Waals surface area contributed by atoms with E-state index in [1.807, 2.05) is 12.1 Å².